The molecule has 2 heterocycles. The zero-order chi connectivity index (χ0) is 24.7. The lowest BCUT2D eigenvalue weighted by atomic mass is 10.2. The van der Waals surface area contributed by atoms with Gasteiger partial charge in [-0.05, 0) is 61.2 Å². The maximum atomic E-state index is 11.8. The van der Waals surface area contributed by atoms with E-state index in [1.807, 2.05) is 23.1 Å². The SMILES string of the molecule is C=CCC(=O)N1CCN(c2ccc(Cl)c(P)c2)CC1.Cc1cc(N2CCN(C)CC2)ccc1Cl. The van der Waals surface area contributed by atoms with Gasteiger partial charge in [-0.2, -0.15) is 0 Å². The van der Waals surface area contributed by atoms with Crippen LogP contribution < -0.4 is 15.1 Å². The first-order valence-corrected chi connectivity index (χ1v) is 13.0. The molecule has 8 heteroatoms. The van der Waals surface area contributed by atoms with E-state index in [0.717, 1.165) is 79.0 Å². The molecule has 1 unspecified atom stereocenters. The van der Waals surface area contributed by atoms with E-state index in [1.54, 1.807) is 6.08 Å². The first-order valence-electron chi connectivity index (χ1n) is 11.7. The van der Waals surface area contributed by atoms with Gasteiger partial charge in [0.1, 0.15) is 0 Å². The molecular weight excluding hydrogens is 486 g/mol. The molecule has 0 spiro atoms. The quantitative estimate of drug-likeness (QED) is 0.439. The molecule has 184 valence electrons. The molecule has 2 aliphatic rings. The van der Waals surface area contributed by atoms with Crippen molar-refractivity contribution in [3.05, 3.63) is 64.7 Å². The van der Waals surface area contributed by atoms with Crippen molar-refractivity contribution >= 4 is 55.0 Å². The zero-order valence-corrected chi connectivity index (χ0v) is 22.8. The van der Waals surface area contributed by atoms with Crippen LogP contribution in [0.15, 0.2) is 49.1 Å². The molecule has 0 aromatic heterocycles. The van der Waals surface area contributed by atoms with E-state index < -0.39 is 0 Å². The summed E-state index contributed by atoms with van der Waals surface area (Å²) >= 11 is 12.0. The standard InChI is InChI=1S/C14H18ClN2OP.C12H17ClN2/c1-2-3-14(18)17-8-6-16(7-9-17)11-4-5-12(15)13(19)10-11;1-10-9-11(3-4-12(10)13)15-7-5-14(2)6-8-15/h2,4-5,10H,1,3,6-9,19H2;3-4,9H,5-8H2,1-2H3. The number of amides is 1. The third-order valence-corrected chi connectivity index (χ3v) is 7.73. The fraction of sp³-hybridized carbons (Fsp3) is 0.423. The summed E-state index contributed by atoms with van der Waals surface area (Å²) in [5.41, 5.74) is 3.61. The molecule has 1 atom stereocenters. The molecule has 2 aliphatic heterocycles. The van der Waals surface area contributed by atoms with Crippen LogP contribution in [0.1, 0.15) is 12.0 Å². The predicted octanol–water partition coefficient (Wildman–Crippen LogP) is 4.47. The third-order valence-electron chi connectivity index (χ3n) is 6.31. The van der Waals surface area contributed by atoms with Crippen LogP contribution in [-0.4, -0.2) is 75.1 Å². The van der Waals surface area contributed by atoms with Gasteiger partial charge in [0.05, 0.1) is 0 Å². The van der Waals surface area contributed by atoms with Crippen molar-refractivity contribution in [2.75, 3.05) is 69.2 Å². The fourth-order valence-electron chi connectivity index (χ4n) is 4.08. The van der Waals surface area contributed by atoms with E-state index >= 15 is 0 Å². The topological polar surface area (TPSA) is 30.0 Å². The van der Waals surface area contributed by atoms with Crippen molar-refractivity contribution in [3.63, 3.8) is 0 Å². The Hall–Kier alpha value is -1.78. The highest BCUT2D eigenvalue weighted by Crippen LogP contribution is 2.23. The Morgan fingerprint density at radius 3 is 1.97 bits per heavy atom. The van der Waals surface area contributed by atoms with E-state index in [-0.39, 0.29) is 5.91 Å². The minimum Gasteiger partial charge on any atom is -0.369 e. The average molecular weight is 521 g/mol. The molecular formula is C26H35Cl2N4OP. The van der Waals surface area contributed by atoms with Crippen molar-refractivity contribution in [1.82, 2.24) is 9.80 Å². The van der Waals surface area contributed by atoms with E-state index in [0.29, 0.717) is 6.42 Å². The van der Waals surface area contributed by atoms with E-state index in [4.69, 9.17) is 23.2 Å². The molecule has 2 aromatic rings. The number of carbonyl (C=O) groups excluding carboxylic acids is 1. The lowest BCUT2D eigenvalue weighted by Crippen LogP contribution is -2.48. The molecule has 5 nitrogen and oxygen atoms in total. The monoisotopic (exact) mass is 520 g/mol. The number of benzene rings is 2. The van der Waals surface area contributed by atoms with Crippen LogP contribution in [0.3, 0.4) is 0 Å². The smallest absolute Gasteiger partial charge is 0.226 e. The number of carbonyl (C=O) groups is 1. The van der Waals surface area contributed by atoms with E-state index in [1.165, 1.54) is 5.69 Å². The van der Waals surface area contributed by atoms with Gasteiger partial charge in [0.15, 0.2) is 0 Å². The van der Waals surface area contributed by atoms with Crippen molar-refractivity contribution in [1.29, 1.82) is 0 Å². The number of halogens is 2. The number of aryl methyl sites for hydroxylation is 1. The molecule has 34 heavy (non-hydrogen) atoms. The fourth-order valence-corrected chi connectivity index (χ4v) is 4.59. The van der Waals surface area contributed by atoms with Crippen molar-refractivity contribution in [3.8, 4) is 0 Å². The first-order chi connectivity index (χ1) is 16.3. The summed E-state index contributed by atoms with van der Waals surface area (Å²) in [6.45, 7) is 13.4. The summed E-state index contributed by atoms with van der Waals surface area (Å²) < 4.78 is 0. The first kappa shape index (κ1) is 26.8. The van der Waals surface area contributed by atoms with Gasteiger partial charge >= 0.3 is 0 Å². The van der Waals surface area contributed by atoms with Crippen LogP contribution in [0.2, 0.25) is 10.0 Å². The summed E-state index contributed by atoms with van der Waals surface area (Å²) in [6, 6.07) is 12.3. The Kier molecular flexibility index (Phi) is 10.1. The van der Waals surface area contributed by atoms with Gasteiger partial charge < -0.3 is 19.6 Å². The zero-order valence-electron chi connectivity index (χ0n) is 20.1. The number of likely N-dealkylation sites (N-methyl/N-ethyl adjacent to an activating group) is 1. The van der Waals surface area contributed by atoms with E-state index in [2.05, 4.69) is 62.7 Å². The number of piperazine rings is 2. The normalized spacial score (nSPS) is 16.7. The van der Waals surface area contributed by atoms with Gasteiger partial charge in [-0.3, -0.25) is 4.79 Å². The highest BCUT2D eigenvalue weighted by Gasteiger charge is 2.20. The highest BCUT2D eigenvalue weighted by molar-refractivity contribution is 7.28. The summed E-state index contributed by atoms with van der Waals surface area (Å²) in [6.07, 6.45) is 2.09. The second-order valence-corrected chi connectivity index (χ2v) is 10.2. The van der Waals surface area contributed by atoms with Gasteiger partial charge in [0.2, 0.25) is 5.91 Å². The molecule has 0 saturated carbocycles. The molecule has 2 saturated heterocycles. The second kappa shape index (κ2) is 12.8. The molecule has 1 amide bonds. The number of anilines is 2. The number of hydrogen-bond donors (Lipinski definition) is 0. The van der Waals surface area contributed by atoms with E-state index in [9.17, 15) is 4.79 Å². The summed E-state index contributed by atoms with van der Waals surface area (Å²) in [7, 11) is 4.81. The second-order valence-electron chi connectivity index (χ2n) is 8.79. The van der Waals surface area contributed by atoms with Crippen molar-refractivity contribution < 1.29 is 4.79 Å². The largest absolute Gasteiger partial charge is 0.369 e. The number of hydrogen-bond acceptors (Lipinski definition) is 4. The van der Waals surface area contributed by atoms with Crippen molar-refractivity contribution in [2.24, 2.45) is 0 Å². The van der Waals surface area contributed by atoms with Crippen LogP contribution in [0.5, 0.6) is 0 Å². The number of rotatable bonds is 4. The molecule has 2 aromatic carbocycles. The Labute approximate surface area is 216 Å². The van der Waals surface area contributed by atoms with Gasteiger partial charge in [-0.25, -0.2) is 0 Å². The number of nitrogens with zero attached hydrogens (tertiary/aromatic N) is 4. The Bertz CT molecular complexity index is 987. The Morgan fingerprint density at radius 2 is 1.44 bits per heavy atom. The lowest BCUT2D eigenvalue weighted by molar-refractivity contribution is -0.130. The van der Waals surface area contributed by atoms with Gasteiger partial charge in [0.25, 0.3) is 0 Å². The van der Waals surface area contributed by atoms with Crippen LogP contribution in [0.4, 0.5) is 11.4 Å². The molecule has 0 bridgehead atoms. The third kappa shape index (κ3) is 7.36. The molecule has 0 aliphatic carbocycles. The maximum Gasteiger partial charge on any atom is 0.226 e. The minimum atomic E-state index is 0.164. The van der Waals surface area contributed by atoms with Crippen LogP contribution in [0.25, 0.3) is 0 Å². The van der Waals surface area contributed by atoms with Crippen LogP contribution in [-0.2, 0) is 4.79 Å². The highest BCUT2D eigenvalue weighted by atomic mass is 35.5. The summed E-state index contributed by atoms with van der Waals surface area (Å²) in [4.78, 5) is 20.7. The van der Waals surface area contributed by atoms with Gasteiger partial charge in [-0.1, -0.05) is 29.3 Å². The Morgan fingerprint density at radius 1 is 0.912 bits per heavy atom. The van der Waals surface area contributed by atoms with Crippen LogP contribution in [0, 0.1) is 6.92 Å². The molecule has 0 N–H and O–H groups in total. The van der Waals surface area contributed by atoms with Crippen LogP contribution >= 0.6 is 32.4 Å². The summed E-state index contributed by atoms with van der Waals surface area (Å²) in [5.74, 6) is 0.164. The Balaban J connectivity index is 0.000000196. The van der Waals surface area contributed by atoms with Crippen molar-refractivity contribution in [2.45, 2.75) is 13.3 Å². The van der Waals surface area contributed by atoms with Gasteiger partial charge in [0, 0.05) is 80.2 Å². The minimum absolute atomic E-state index is 0.164. The average Bonchev–Trinajstić information content (AvgIpc) is 2.84. The predicted molar refractivity (Wildman–Crippen MR) is 150 cm³/mol. The van der Waals surface area contributed by atoms with Gasteiger partial charge in [-0.15, -0.1) is 15.8 Å². The summed E-state index contributed by atoms with van der Waals surface area (Å²) in [5, 5.41) is 2.62. The maximum absolute atomic E-state index is 11.8. The lowest BCUT2D eigenvalue weighted by Gasteiger charge is -2.36. The molecule has 4 rings (SSSR count). The molecule has 2 fully saturated rings. The molecule has 0 radical (unpaired) electrons.